The van der Waals surface area contributed by atoms with Crippen molar-refractivity contribution in [3.63, 3.8) is 0 Å². The van der Waals surface area contributed by atoms with Gasteiger partial charge in [0.15, 0.2) is 0 Å². The van der Waals surface area contributed by atoms with Crippen LogP contribution in [0.15, 0.2) is 29.2 Å². The SMILES string of the molecule is Cc1ccc(S(=O)(=O)NCCNC(=O)C2(N)CCCC2)cc1.Cl. The Morgan fingerprint density at radius 3 is 2.30 bits per heavy atom. The van der Waals surface area contributed by atoms with Crippen molar-refractivity contribution >= 4 is 28.3 Å². The van der Waals surface area contributed by atoms with E-state index in [0.717, 1.165) is 18.4 Å². The molecule has 0 saturated heterocycles. The smallest absolute Gasteiger partial charge is 0.240 e. The second kappa shape index (κ2) is 8.10. The summed E-state index contributed by atoms with van der Waals surface area (Å²) in [7, 11) is -3.54. The van der Waals surface area contributed by atoms with E-state index < -0.39 is 15.6 Å². The first-order chi connectivity index (χ1) is 10.3. The van der Waals surface area contributed by atoms with Gasteiger partial charge in [0.1, 0.15) is 0 Å². The monoisotopic (exact) mass is 361 g/mol. The summed E-state index contributed by atoms with van der Waals surface area (Å²) in [6.07, 6.45) is 3.30. The lowest BCUT2D eigenvalue weighted by atomic mass is 9.98. The van der Waals surface area contributed by atoms with E-state index >= 15 is 0 Å². The molecule has 0 spiro atoms. The minimum Gasteiger partial charge on any atom is -0.353 e. The minimum atomic E-state index is -3.54. The van der Waals surface area contributed by atoms with Crippen LogP contribution in [-0.4, -0.2) is 33.0 Å². The number of aryl methyl sites for hydroxylation is 1. The molecule has 0 heterocycles. The van der Waals surface area contributed by atoms with Gasteiger partial charge in [0.25, 0.3) is 0 Å². The van der Waals surface area contributed by atoms with Crippen LogP contribution in [-0.2, 0) is 14.8 Å². The predicted molar refractivity (Wildman–Crippen MR) is 92.0 cm³/mol. The average Bonchev–Trinajstić information content (AvgIpc) is 2.92. The van der Waals surface area contributed by atoms with Crippen molar-refractivity contribution in [2.24, 2.45) is 5.73 Å². The lowest BCUT2D eigenvalue weighted by Gasteiger charge is -2.22. The molecule has 130 valence electrons. The molecule has 1 amide bonds. The highest BCUT2D eigenvalue weighted by molar-refractivity contribution is 7.89. The second-order valence-electron chi connectivity index (χ2n) is 5.83. The summed E-state index contributed by atoms with van der Waals surface area (Å²) in [4.78, 5) is 12.2. The molecule has 0 atom stereocenters. The van der Waals surface area contributed by atoms with Crippen molar-refractivity contribution in [3.8, 4) is 0 Å². The maximum absolute atomic E-state index is 12.1. The highest BCUT2D eigenvalue weighted by atomic mass is 35.5. The van der Waals surface area contributed by atoms with E-state index in [2.05, 4.69) is 10.0 Å². The van der Waals surface area contributed by atoms with Crippen molar-refractivity contribution in [1.82, 2.24) is 10.0 Å². The van der Waals surface area contributed by atoms with Gasteiger partial charge in [-0.1, -0.05) is 30.5 Å². The predicted octanol–water partition coefficient (Wildman–Crippen LogP) is 1.08. The number of hydrogen-bond donors (Lipinski definition) is 3. The Morgan fingerprint density at radius 1 is 1.17 bits per heavy atom. The number of amides is 1. The van der Waals surface area contributed by atoms with Crippen LogP contribution in [0, 0.1) is 6.92 Å². The fraction of sp³-hybridized carbons (Fsp3) is 0.533. The zero-order valence-corrected chi connectivity index (χ0v) is 14.8. The molecule has 1 fully saturated rings. The topological polar surface area (TPSA) is 101 Å². The fourth-order valence-electron chi connectivity index (χ4n) is 2.57. The molecule has 0 aliphatic heterocycles. The molecule has 0 aromatic heterocycles. The Bertz CT molecular complexity index is 626. The second-order valence-corrected chi connectivity index (χ2v) is 7.60. The minimum absolute atomic E-state index is 0. The molecule has 0 unspecified atom stereocenters. The molecule has 1 aromatic rings. The Kier molecular flexibility index (Phi) is 7.01. The van der Waals surface area contributed by atoms with Crippen molar-refractivity contribution in [3.05, 3.63) is 29.8 Å². The number of carbonyl (C=O) groups excluding carboxylic acids is 1. The summed E-state index contributed by atoms with van der Waals surface area (Å²) in [6, 6.07) is 6.61. The van der Waals surface area contributed by atoms with E-state index in [1.54, 1.807) is 24.3 Å². The largest absolute Gasteiger partial charge is 0.353 e. The zero-order valence-electron chi connectivity index (χ0n) is 13.2. The Labute approximate surface area is 143 Å². The number of benzene rings is 1. The third-order valence-corrected chi connectivity index (χ3v) is 5.46. The molecular formula is C15H24ClN3O3S. The van der Waals surface area contributed by atoms with Crippen LogP contribution >= 0.6 is 12.4 Å². The maximum Gasteiger partial charge on any atom is 0.240 e. The van der Waals surface area contributed by atoms with Gasteiger partial charge in [0.05, 0.1) is 10.4 Å². The van der Waals surface area contributed by atoms with Gasteiger partial charge in [-0.2, -0.15) is 0 Å². The van der Waals surface area contributed by atoms with Crippen LogP contribution in [0.1, 0.15) is 31.2 Å². The number of sulfonamides is 1. The van der Waals surface area contributed by atoms with Gasteiger partial charge in [-0.05, 0) is 31.9 Å². The third-order valence-electron chi connectivity index (χ3n) is 3.98. The standard InChI is InChI=1S/C15H23N3O3S.ClH/c1-12-4-6-13(7-5-12)22(20,21)18-11-10-17-14(19)15(16)8-2-3-9-15;/h4-7,18H,2-3,8-11,16H2,1H3,(H,17,19);1H. The number of hydrogen-bond acceptors (Lipinski definition) is 4. The maximum atomic E-state index is 12.1. The zero-order chi connectivity index (χ0) is 16.2. The Balaban J connectivity index is 0.00000264. The van der Waals surface area contributed by atoms with Crippen LogP contribution in [0.25, 0.3) is 0 Å². The van der Waals surface area contributed by atoms with Gasteiger partial charge in [-0.15, -0.1) is 12.4 Å². The lowest BCUT2D eigenvalue weighted by Crippen LogP contribution is -2.53. The van der Waals surface area contributed by atoms with Crippen LogP contribution in [0.3, 0.4) is 0 Å². The van der Waals surface area contributed by atoms with Gasteiger partial charge in [0, 0.05) is 13.1 Å². The normalized spacial score (nSPS) is 16.6. The number of carbonyl (C=O) groups is 1. The van der Waals surface area contributed by atoms with Gasteiger partial charge >= 0.3 is 0 Å². The summed E-state index contributed by atoms with van der Waals surface area (Å²) < 4.78 is 26.6. The summed E-state index contributed by atoms with van der Waals surface area (Å²) in [5.41, 5.74) is 6.24. The molecule has 4 N–H and O–H groups in total. The number of rotatable bonds is 6. The molecule has 0 bridgehead atoms. The molecule has 6 nitrogen and oxygen atoms in total. The summed E-state index contributed by atoms with van der Waals surface area (Å²) in [6.45, 7) is 2.26. The lowest BCUT2D eigenvalue weighted by molar-refractivity contribution is -0.126. The fourth-order valence-corrected chi connectivity index (χ4v) is 3.60. The van der Waals surface area contributed by atoms with E-state index in [9.17, 15) is 13.2 Å². The summed E-state index contributed by atoms with van der Waals surface area (Å²) in [5, 5.41) is 2.71. The molecule has 1 aliphatic rings. The highest BCUT2D eigenvalue weighted by Gasteiger charge is 2.36. The quantitative estimate of drug-likeness (QED) is 0.660. The first kappa shape index (κ1) is 19.9. The first-order valence-electron chi connectivity index (χ1n) is 7.47. The number of nitrogens with two attached hydrogens (primary N) is 1. The van der Waals surface area contributed by atoms with E-state index in [1.807, 2.05) is 6.92 Å². The third kappa shape index (κ3) is 5.17. The first-order valence-corrected chi connectivity index (χ1v) is 8.95. The molecule has 2 rings (SSSR count). The molecule has 23 heavy (non-hydrogen) atoms. The van der Waals surface area contributed by atoms with Crippen LogP contribution in [0.5, 0.6) is 0 Å². The molecule has 1 aliphatic carbocycles. The van der Waals surface area contributed by atoms with Crippen molar-refractivity contribution in [1.29, 1.82) is 0 Å². The van der Waals surface area contributed by atoms with E-state index in [1.165, 1.54) is 0 Å². The Hall–Kier alpha value is -1.15. The number of nitrogens with one attached hydrogen (secondary N) is 2. The van der Waals surface area contributed by atoms with E-state index in [-0.39, 0.29) is 36.3 Å². The van der Waals surface area contributed by atoms with Crippen LogP contribution < -0.4 is 15.8 Å². The summed E-state index contributed by atoms with van der Waals surface area (Å²) >= 11 is 0. The molecule has 1 saturated carbocycles. The van der Waals surface area contributed by atoms with Crippen molar-refractivity contribution < 1.29 is 13.2 Å². The summed E-state index contributed by atoms with van der Waals surface area (Å²) in [5.74, 6) is -0.195. The van der Waals surface area contributed by atoms with Gasteiger partial charge in [-0.3, -0.25) is 4.79 Å². The van der Waals surface area contributed by atoms with Gasteiger partial charge < -0.3 is 11.1 Å². The molecule has 0 radical (unpaired) electrons. The van der Waals surface area contributed by atoms with Crippen LogP contribution in [0.2, 0.25) is 0 Å². The van der Waals surface area contributed by atoms with Crippen molar-refractivity contribution in [2.45, 2.75) is 43.0 Å². The van der Waals surface area contributed by atoms with Gasteiger partial charge in [-0.25, -0.2) is 13.1 Å². The van der Waals surface area contributed by atoms with Crippen molar-refractivity contribution in [2.75, 3.05) is 13.1 Å². The Morgan fingerprint density at radius 2 is 1.74 bits per heavy atom. The molecule has 1 aromatic carbocycles. The number of halogens is 1. The molecular weight excluding hydrogens is 338 g/mol. The van der Waals surface area contributed by atoms with Crippen LogP contribution in [0.4, 0.5) is 0 Å². The van der Waals surface area contributed by atoms with E-state index in [0.29, 0.717) is 12.8 Å². The van der Waals surface area contributed by atoms with E-state index in [4.69, 9.17) is 5.73 Å². The molecule has 8 heteroatoms. The average molecular weight is 362 g/mol. The van der Waals surface area contributed by atoms with Gasteiger partial charge in [0.2, 0.25) is 15.9 Å². The highest BCUT2D eigenvalue weighted by Crippen LogP contribution is 2.27.